The van der Waals surface area contributed by atoms with Crippen molar-refractivity contribution in [2.24, 2.45) is 0 Å². The summed E-state index contributed by atoms with van der Waals surface area (Å²) in [6.07, 6.45) is -0.0459. The Labute approximate surface area is 116 Å². The van der Waals surface area contributed by atoms with Crippen molar-refractivity contribution in [2.75, 3.05) is 5.73 Å². The Kier molecular flexibility index (Phi) is 4.20. The minimum atomic E-state index is -0.408. The summed E-state index contributed by atoms with van der Waals surface area (Å²) in [6.45, 7) is 0.143. The van der Waals surface area contributed by atoms with Crippen LogP contribution in [0.3, 0.4) is 0 Å². The first-order valence-electron chi connectivity index (χ1n) is 6.13. The predicted molar refractivity (Wildman–Crippen MR) is 74.5 cm³/mol. The van der Waals surface area contributed by atoms with Crippen LogP contribution >= 0.6 is 0 Å². The molecule has 2 aromatic rings. The van der Waals surface area contributed by atoms with Gasteiger partial charge in [-0.1, -0.05) is 18.2 Å². The van der Waals surface area contributed by atoms with Gasteiger partial charge in [0.05, 0.1) is 6.42 Å². The van der Waals surface area contributed by atoms with Crippen LogP contribution < -0.4 is 11.1 Å². The van der Waals surface area contributed by atoms with Gasteiger partial charge in [0.15, 0.2) is 0 Å². The molecule has 0 aromatic heterocycles. The Morgan fingerprint density at radius 2 is 1.95 bits per heavy atom. The number of nitrogens with one attached hydrogen (secondary N) is 1. The molecule has 2 rings (SSSR count). The van der Waals surface area contributed by atoms with Crippen molar-refractivity contribution < 1.29 is 14.3 Å². The van der Waals surface area contributed by atoms with Crippen LogP contribution in [0.25, 0.3) is 0 Å². The SMILES string of the molecule is Nc1ccc(O)c(CNC(=O)Cc2ccccc2F)c1. The maximum Gasteiger partial charge on any atom is 0.224 e. The van der Waals surface area contributed by atoms with Gasteiger partial charge in [-0.05, 0) is 29.8 Å². The third-order valence-electron chi connectivity index (χ3n) is 2.89. The van der Waals surface area contributed by atoms with Crippen LogP contribution in [0.1, 0.15) is 11.1 Å². The van der Waals surface area contributed by atoms with E-state index in [9.17, 15) is 14.3 Å². The van der Waals surface area contributed by atoms with Crippen LogP contribution in [-0.2, 0) is 17.8 Å². The molecule has 0 saturated carbocycles. The van der Waals surface area contributed by atoms with Gasteiger partial charge in [-0.2, -0.15) is 0 Å². The van der Waals surface area contributed by atoms with E-state index in [2.05, 4.69) is 5.32 Å². The van der Waals surface area contributed by atoms with Gasteiger partial charge >= 0.3 is 0 Å². The lowest BCUT2D eigenvalue weighted by molar-refractivity contribution is -0.120. The number of hydrogen-bond donors (Lipinski definition) is 3. The highest BCUT2D eigenvalue weighted by molar-refractivity contribution is 5.78. The van der Waals surface area contributed by atoms with E-state index in [1.54, 1.807) is 30.3 Å². The van der Waals surface area contributed by atoms with Crippen LogP contribution in [0.5, 0.6) is 5.75 Å². The van der Waals surface area contributed by atoms with Gasteiger partial charge in [-0.25, -0.2) is 4.39 Å². The van der Waals surface area contributed by atoms with Crippen LogP contribution in [0.15, 0.2) is 42.5 Å². The Bertz CT molecular complexity index is 629. The van der Waals surface area contributed by atoms with Crippen molar-refractivity contribution >= 4 is 11.6 Å². The topological polar surface area (TPSA) is 75.3 Å². The van der Waals surface area contributed by atoms with Gasteiger partial charge in [-0.3, -0.25) is 4.79 Å². The van der Waals surface area contributed by atoms with Crippen LogP contribution in [-0.4, -0.2) is 11.0 Å². The number of phenols is 1. The van der Waals surface area contributed by atoms with Crippen molar-refractivity contribution in [3.8, 4) is 5.75 Å². The lowest BCUT2D eigenvalue weighted by atomic mass is 10.1. The highest BCUT2D eigenvalue weighted by Gasteiger charge is 2.08. The van der Waals surface area contributed by atoms with Crippen molar-refractivity contribution in [3.05, 3.63) is 59.4 Å². The van der Waals surface area contributed by atoms with Gasteiger partial charge in [0.2, 0.25) is 5.91 Å². The number of anilines is 1. The molecule has 0 fully saturated rings. The average molecular weight is 274 g/mol. The molecule has 0 saturated heterocycles. The highest BCUT2D eigenvalue weighted by atomic mass is 19.1. The maximum atomic E-state index is 13.4. The minimum absolute atomic E-state index is 0.0459. The first kappa shape index (κ1) is 13.9. The molecule has 20 heavy (non-hydrogen) atoms. The number of nitrogen functional groups attached to an aromatic ring is 1. The fourth-order valence-electron chi connectivity index (χ4n) is 1.82. The van der Waals surface area contributed by atoms with E-state index < -0.39 is 5.82 Å². The minimum Gasteiger partial charge on any atom is -0.508 e. The van der Waals surface area contributed by atoms with E-state index in [1.165, 1.54) is 12.1 Å². The van der Waals surface area contributed by atoms with Crippen LogP contribution in [0.2, 0.25) is 0 Å². The standard InChI is InChI=1S/C15H15FN2O2/c16-13-4-2-1-3-10(13)8-15(20)18-9-11-7-12(17)5-6-14(11)19/h1-7,19H,8-9,17H2,(H,18,20). The molecule has 0 unspecified atom stereocenters. The van der Waals surface area contributed by atoms with E-state index in [4.69, 9.17) is 5.73 Å². The lowest BCUT2D eigenvalue weighted by Crippen LogP contribution is -2.25. The zero-order chi connectivity index (χ0) is 14.5. The zero-order valence-corrected chi connectivity index (χ0v) is 10.8. The normalized spacial score (nSPS) is 10.2. The van der Waals surface area contributed by atoms with Crippen LogP contribution in [0, 0.1) is 5.82 Å². The van der Waals surface area contributed by atoms with E-state index in [0.717, 1.165) is 0 Å². The Morgan fingerprint density at radius 1 is 1.20 bits per heavy atom. The number of rotatable bonds is 4. The summed E-state index contributed by atoms with van der Waals surface area (Å²) in [7, 11) is 0. The summed E-state index contributed by atoms with van der Waals surface area (Å²) >= 11 is 0. The fraction of sp³-hybridized carbons (Fsp3) is 0.133. The smallest absolute Gasteiger partial charge is 0.224 e. The van der Waals surface area contributed by atoms with Gasteiger partial charge in [-0.15, -0.1) is 0 Å². The van der Waals surface area contributed by atoms with Gasteiger partial charge < -0.3 is 16.2 Å². The Hall–Kier alpha value is -2.56. The molecule has 1 amide bonds. The molecule has 0 aliphatic carbocycles. The van der Waals surface area contributed by atoms with E-state index in [1.807, 2.05) is 0 Å². The van der Waals surface area contributed by atoms with Gasteiger partial charge in [0.25, 0.3) is 0 Å². The summed E-state index contributed by atoms with van der Waals surface area (Å²) < 4.78 is 13.4. The van der Waals surface area contributed by atoms with E-state index in [0.29, 0.717) is 16.8 Å². The van der Waals surface area contributed by atoms with Crippen LogP contribution in [0.4, 0.5) is 10.1 Å². The first-order chi connectivity index (χ1) is 9.56. The Balaban J connectivity index is 1.96. The Morgan fingerprint density at radius 3 is 2.70 bits per heavy atom. The molecule has 0 aliphatic heterocycles. The van der Waals surface area contributed by atoms with Crippen molar-refractivity contribution in [1.82, 2.24) is 5.32 Å². The number of nitrogens with two attached hydrogens (primary N) is 1. The van der Waals surface area contributed by atoms with E-state index in [-0.39, 0.29) is 24.6 Å². The second-order valence-corrected chi connectivity index (χ2v) is 4.43. The molecule has 104 valence electrons. The highest BCUT2D eigenvalue weighted by Crippen LogP contribution is 2.19. The molecule has 0 atom stereocenters. The summed E-state index contributed by atoms with van der Waals surface area (Å²) in [5.74, 6) is -0.670. The third-order valence-corrected chi connectivity index (χ3v) is 2.89. The third kappa shape index (κ3) is 3.47. The van der Waals surface area contributed by atoms with E-state index >= 15 is 0 Å². The summed E-state index contributed by atoms with van der Waals surface area (Å²) in [5, 5.41) is 12.2. The molecule has 0 heterocycles. The molecule has 4 nitrogen and oxygen atoms in total. The molecule has 4 N–H and O–H groups in total. The molecule has 0 spiro atoms. The van der Waals surface area contributed by atoms with Crippen molar-refractivity contribution in [1.29, 1.82) is 0 Å². The second kappa shape index (κ2) is 6.06. The number of aromatic hydroxyl groups is 1. The number of hydrogen-bond acceptors (Lipinski definition) is 3. The second-order valence-electron chi connectivity index (χ2n) is 4.43. The molecule has 0 radical (unpaired) electrons. The number of carbonyl (C=O) groups is 1. The monoisotopic (exact) mass is 274 g/mol. The molecular weight excluding hydrogens is 259 g/mol. The predicted octanol–water partition coefficient (Wildman–Crippen LogP) is 1.97. The summed E-state index contributed by atoms with van der Waals surface area (Å²) in [5.41, 5.74) is 6.96. The van der Waals surface area contributed by atoms with Crippen molar-refractivity contribution in [3.63, 3.8) is 0 Å². The quantitative estimate of drug-likeness (QED) is 0.589. The molecule has 0 aliphatic rings. The molecule has 5 heteroatoms. The molecule has 2 aromatic carbocycles. The fourth-order valence-corrected chi connectivity index (χ4v) is 1.82. The number of benzene rings is 2. The summed E-state index contributed by atoms with van der Waals surface area (Å²) in [4.78, 5) is 11.7. The lowest BCUT2D eigenvalue weighted by Gasteiger charge is -2.08. The van der Waals surface area contributed by atoms with Crippen molar-refractivity contribution in [2.45, 2.75) is 13.0 Å². The first-order valence-corrected chi connectivity index (χ1v) is 6.13. The molecule has 0 bridgehead atoms. The number of phenolic OH excluding ortho intramolecular Hbond substituents is 1. The molecular formula is C15H15FN2O2. The van der Waals surface area contributed by atoms with Gasteiger partial charge in [0.1, 0.15) is 11.6 Å². The summed E-state index contributed by atoms with van der Waals surface area (Å²) in [6, 6.07) is 10.7. The number of amides is 1. The average Bonchev–Trinajstić information content (AvgIpc) is 2.42. The number of halogens is 1. The van der Waals surface area contributed by atoms with Gasteiger partial charge in [0, 0.05) is 17.8 Å². The largest absolute Gasteiger partial charge is 0.508 e. The number of carbonyl (C=O) groups excluding carboxylic acids is 1. The maximum absolute atomic E-state index is 13.4. The zero-order valence-electron chi connectivity index (χ0n) is 10.8.